The van der Waals surface area contributed by atoms with Crippen LogP contribution in [-0.2, 0) is 4.74 Å². The lowest BCUT2D eigenvalue weighted by Crippen LogP contribution is -2.22. The maximum Gasteiger partial charge on any atom is 0.253 e. The van der Waals surface area contributed by atoms with E-state index in [-0.39, 0.29) is 12.5 Å². The van der Waals surface area contributed by atoms with Crippen LogP contribution in [0.1, 0.15) is 16.8 Å². The first-order chi connectivity index (χ1) is 9.56. The molecule has 0 aliphatic rings. The van der Waals surface area contributed by atoms with Crippen molar-refractivity contribution >= 4 is 17.3 Å². The van der Waals surface area contributed by atoms with Gasteiger partial charge in [-0.2, -0.15) is 0 Å². The Labute approximate surface area is 119 Å². The normalized spacial score (nSPS) is 10.3. The lowest BCUT2D eigenvalue weighted by atomic mass is 10.1. The number of nitrogen functional groups attached to an aromatic ring is 1. The van der Waals surface area contributed by atoms with Crippen LogP contribution in [0.15, 0.2) is 18.2 Å². The van der Waals surface area contributed by atoms with Gasteiger partial charge in [-0.25, -0.2) is 0 Å². The summed E-state index contributed by atoms with van der Waals surface area (Å²) in [6.45, 7) is 1.66. The van der Waals surface area contributed by atoms with Crippen molar-refractivity contribution in [3.05, 3.63) is 23.8 Å². The van der Waals surface area contributed by atoms with Gasteiger partial charge < -0.3 is 25.8 Å². The van der Waals surface area contributed by atoms with Crippen molar-refractivity contribution in [1.82, 2.24) is 4.90 Å². The van der Waals surface area contributed by atoms with Crippen molar-refractivity contribution in [3.63, 3.8) is 0 Å². The maximum absolute atomic E-state index is 11.9. The molecule has 0 heterocycles. The molecule has 0 atom stereocenters. The molecule has 0 spiro atoms. The van der Waals surface area contributed by atoms with Crippen LogP contribution in [0.25, 0.3) is 0 Å². The number of nitrogens with one attached hydrogen (secondary N) is 1. The SMILES string of the molecule is CN(C)C(=O)c1ccc(N)c(NCCCOCCO)c1. The zero-order chi connectivity index (χ0) is 15.0. The highest BCUT2D eigenvalue weighted by Crippen LogP contribution is 2.20. The molecule has 1 aromatic carbocycles. The summed E-state index contributed by atoms with van der Waals surface area (Å²) in [5.74, 6) is -0.0562. The third kappa shape index (κ3) is 5.07. The second-order valence-corrected chi connectivity index (χ2v) is 4.62. The summed E-state index contributed by atoms with van der Waals surface area (Å²) in [6.07, 6.45) is 0.797. The zero-order valence-corrected chi connectivity index (χ0v) is 12.1. The molecule has 20 heavy (non-hydrogen) atoms. The number of carbonyl (C=O) groups is 1. The Balaban J connectivity index is 2.52. The monoisotopic (exact) mass is 281 g/mol. The van der Waals surface area contributed by atoms with Crippen LogP contribution in [0.5, 0.6) is 0 Å². The number of nitrogens with two attached hydrogens (primary N) is 1. The van der Waals surface area contributed by atoms with Crippen molar-refractivity contribution in [2.24, 2.45) is 0 Å². The molecule has 4 N–H and O–H groups in total. The molecule has 0 unspecified atom stereocenters. The summed E-state index contributed by atoms with van der Waals surface area (Å²) in [4.78, 5) is 13.4. The fraction of sp³-hybridized carbons (Fsp3) is 0.500. The number of benzene rings is 1. The van der Waals surface area contributed by atoms with Crippen LogP contribution in [0.3, 0.4) is 0 Å². The standard InChI is InChI=1S/C14H23N3O3/c1-17(2)14(19)11-4-5-12(15)13(10-11)16-6-3-8-20-9-7-18/h4-5,10,16,18H,3,6-9,15H2,1-2H3. The number of rotatable bonds is 8. The second-order valence-electron chi connectivity index (χ2n) is 4.62. The summed E-state index contributed by atoms with van der Waals surface area (Å²) < 4.78 is 5.16. The van der Waals surface area contributed by atoms with E-state index in [9.17, 15) is 4.79 Å². The Morgan fingerprint density at radius 3 is 2.80 bits per heavy atom. The Morgan fingerprint density at radius 2 is 2.15 bits per heavy atom. The first kappa shape index (κ1) is 16.3. The van der Waals surface area contributed by atoms with Crippen molar-refractivity contribution in [2.45, 2.75) is 6.42 Å². The van der Waals surface area contributed by atoms with Gasteiger partial charge in [0, 0.05) is 32.8 Å². The number of hydrogen-bond donors (Lipinski definition) is 3. The van der Waals surface area contributed by atoms with Gasteiger partial charge >= 0.3 is 0 Å². The van der Waals surface area contributed by atoms with E-state index in [1.54, 1.807) is 32.3 Å². The second kappa shape index (κ2) is 8.39. The summed E-state index contributed by atoms with van der Waals surface area (Å²) in [5.41, 5.74) is 7.83. The quantitative estimate of drug-likeness (QED) is 0.484. The van der Waals surface area contributed by atoms with Crippen LogP contribution < -0.4 is 11.1 Å². The Hall–Kier alpha value is -1.79. The van der Waals surface area contributed by atoms with E-state index in [0.717, 1.165) is 12.1 Å². The molecular formula is C14H23N3O3. The average molecular weight is 281 g/mol. The fourth-order valence-corrected chi connectivity index (χ4v) is 1.66. The number of nitrogens with zero attached hydrogens (tertiary/aromatic N) is 1. The predicted octanol–water partition coefficient (Wildman–Crippen LogP) is 0.781. The Kier molecular flexibility index (Phi) is 6.83. The van der Waals surface area contributed by atoms with Crippen molar-refractivity contribution in [1.29, 1.82) is 0 Å². The van der Waals surface area contributed by atoms with E-state index in [0.29, 0.717) is 31.0 Å². The first-order valence-electron chi connectivity index (χ1n) is 6.60. The lowest BCUT2D eigenvalue weighted by Gasteiger charge is -2.14. The molecule has 0 fully saturated rings. The van der Waals surface area contributed by atoms with E-state index >= 15 is 0 Å². The van der Waals surface area contributed by atoms with Crippen LogP contribution in [0, 0.1) is 0 Å². The van der Waals surface area contributed by atoms with E-state index in [1.807, 2.05) is 0 Å². The summed E-state index contributed by atoms with van der Waals surface area (Å²) in [6, 6.07) is 5.20. The third-order valence-corrected chi connectivity index (χ3v) is 2.72. The fourth-order valence-electron chi connectivity index (χ4n) is 1.66. The number of ether oxygens (including phenoxy) is 1. The number of aliphatic hydroxyl groups is 1. The first-order valence-corrected chi connectivity index (χ1v) is 6.60. The zero-order valence-electron chi connectivity index (χ0n) is 12.1. The highest BCUT2D eigenvalue weighted by atomic mass is 16.5. The lowest BCUT2D eigenvalue weighted by molar-refractivity contribution is 0.0827. The number of carbonyl (C=O) groups excluding carboxylic acids is 1. The molecule has 1 rings (SSSR count). The van der Waals surface area contributed by atoms with E-state index in [1.165, 1.54) is 4.90 Å². The molecule has 0 aromatic heterocycles. The van der Waals surface area contributed by atoms with Gasteiger partial charge in [0.2, 0.25) is 0 Å². The minimum Gasteiger partial charge on any atom is -0.397 e. The summed E-state index contributed by atoms with van der Waals surface area (Å²) in [5, 5.41) is 11.8. The van der Waals surface area contributed by atoms with Crippen LogP contribution in [0.4, 0.5) is 11.4 Å². The highest BCUT2D eigenvalue weighted by molar-refractivity contribution is 5.95. The molecule has 0 bridgehead atoms. The molecule has 0 saturated carbocycles. The molecule has 6 nitrogen and oxygen atoms in total. The molecule has 6 heteroatoms. The van der Waals surface area contributed by atoms with Gasteiger partial charge in [0.15, 0.2) is 0 Å². The molecule has 112 valence electrons. The highest BCUT2D eigenvalue weighted by Gasteiger charge is 2.09. The van der Waals surface area contributed by atoms with Crippen molar-refractivity contribution < 1.29 is 14.6 Å². The number of amides is 1. The molecular weight excluding hydrogens is 258 g/mol. The van der Waals surface area contributed by atoms with Crippen LogP contribution >= 0.6 is 0 Å². The van der Waals surface area contributed by atoms with Crippen LogP contribution in [-0.4, -0.2) is 56.4 Å². The largest absolute Gasteiger partial charge is 0.397 e. The van der Waals surface area contributed by atoms with Gasteiger partial charge in [0.25, 0.3) is 5.91 Å². The Bertz CT molecular complexity index is 436. The minimum absolute atomic E-state index is 0.0368. The van der Waals surface area contributed by atoms with Crippen molar-refractivity contribution in [2.75, 3.05) is 51.5 Å². The van der Waals surface area contributed by atoms with Gasteiger partial charge in [-0.3, -0.25) is 4.79 Å². The van der Waals surface area contributed by atoms with Gasteiger partial charge in [-0.1, -0.05) is 0 Å². The molecule has 1 aromatic rings. The van der Waals surface area contributed by atoms with Gasteiger partial charge in [-0.15, -0.1) is 0 Å². The van der Waals surface area contributed by atoms with Gasteiger partial charge in [0.1, 0.15) is 0 Å². The predicted molar refractivity (Wildman–Crippen MR) is 79.9 cm³/mol. The van der Waals surface area contributed by atoms with Gasteiger partial charge in [0.05, 0.1) is 24.6 Å². The topological polar surface area (TPSA) is 87.8 Å². The minimum atomic E-state index is -0.0562. The molecule has 0 aliphatic heterocycles. The van der Waals surface area contributed by atoms with Crippen molar-refractivity contribution in [3.8, 4) is 0 Å². The van der Waals surface area contributed by atoms with Gasteiger partial charge in [-0.05, 0) is 24.6 Å². The average Bonchev–Trinajstić information content (AvgIpc) is 2.43. The summed E-state index contributed by atoms with van der Waals surface area (Å²) >= 11 is 0. The third-order valence-electron chi connectivity index (χ3n) is 2.72. The summed E-state index contributed by atoms with van der Waals surface area (Å²) in [7, 11) is 3.43. The molecule has 0 aliphatic carbocycles. The Morgan fingerprint density at radius 1 is 1.40 bits per heavy atom. The maximum atomic E-state index is 11.9. The van der Waals surface area contributed by atoms with E-state index < -0.39 is 0 Å². The van der Waals surface area contributed by atoms with E-state index in [4.69, 9.17) is 15.6 Å². The van der Waals surface area contributed by atoms with E-state index in [2.05, 4.69) is 5.32 Å². The smallest absolute Gasteiger partial charge is 0.253 e. The number of aliphatic hydroxyl groups excluding tert-OH is 1. The molecule has 0 saturated heterocycles. The molecule has 0 radical (unpaired) electrons. The number of hydrogen-bond acceptors (Lipinski definition) is 5. The number of anilines is 2. The van der Waals surface area contributed by atoms with Crippen LogP contribution in [0.2, 0.25) is 0 Å². The molecule has 1 amide bonds.